The lowest BCUT2D eigenvalue weighted by molar-refractivity contribution is 0.819. The highest BCUT2D eigenvalue weighted by molar-refractivity contribution is 5.90. The van der Waals surface area contributed by atoms with E-state index in [0.717, 1.165) is 17.9 Å². The highest BCUT2D eigenvalue weighted by atomic mass is 15.4. The maximum Gasteiger partial charge on any atom is 0.100 e. The highest BCUT2D eigenvalue weighted by Gasteiger charge is 2.31. The van der Waals surface area contributed by atoms with Gasteiger partial charge < -0.3 is 9.80 Å². The van der Waals surface area contributed by atoms with E-state index in [1.807, 2.05) is 18.3 Å². The Morgan fingerprint density at radius 1 is 0.404 bits per heavy atom. The van der Waals surface area contributed by atoms with Gasteiger partial charge in [-0.2, -0.15) is 0 Å². The third-order valence-electron chi connectivity index (χ3n) is 11.3. The summed E-state index contributed by atoms with van der Waals surface area (Å²) < 4.78 is 0. The first kappa shape index (κ1) is 36.0. The Labute approximate surface area is 337 Å². The number of rotatable bonds is 9. The summed E-state index contributed by atoms with van der Waals surface area (Å²) in [5.41, 5.74) is 19.5. The van der Waals surface area contributed by atoms with Gasteiger partial charge in [-0.05, 0) is 122 Å². The van der Waals surface area contributed by atoms with Crippen molar-refractivity contribution in [2.45, 2.75) is 39.5 Å². The molecule has 0 atom stereocenters. The molecular formula is C54H47N3. The van der Waals surface area contributed by atoms with Gasteiger partial charge in [0.1, 0.15) is 6.67 Å². The number of pyridine rings is 1. The zero-order valence-corrected chi connectivity index (χ0v) is 33.1. The van der Waals surface area contributed by atoms with Crippen LogP contribution in [0.15, 0.2) is 188 Å². The molecule has 0 spiro atoms. The van der Waals surface area contributed by atoms with Crippen LogP contribution >= 0.6 is 0 Å². The normalized spacial score (nSPS) is 12.4. The summed E-state index contributed by atoms with van der Waals surface area (Å²) >= 11 is 0. The Morgan fingerprint density at radius 2 is 0.877 bits per heavy atom. The lowest BCUT2D eigenvalue weighted by atomic mass is 9.91. The zero-order valence-electron chi connectivity index (χ0n) is 33.1. The van der Waals surface area contributed by atoms with Gasteiger partial charge in [0.25, 0.3) is 0 Å². The predicted octanol–water partition coefficient (Wildman–Crippen LogP) is 14.9. The van der Waals surface area contributed by atoms with Crippen molar-refractivity contribution < 1.29 is 0 Å². The second-order valence-corrected chi connectivity index (χ2v) is 15.6. The Hall–Kier alpha value is -6.71. The second-order valence-electron chi connectivity index (χ2n) is 15.6. The third-order valence-corrected chi connectivity index (χ3v) is 11.3. The van der Waals surface area contributed by atoms with Gasteiger partial charge in [0.05, 0.1) is 17.1 Å². The molecule has 0 radical (unpaired) electrons. The van der Waals surface area contributed by atoms with Crippen molar-refractivity contribution in [2.24, 2.45) is 0 Å². The van der Waals surface area contributed by atoms with E-state index in [2.05, 4.69) is 212 Å². The SMILES string of the molecule is CC(C)c1cccc(C(C)C)c1N1CN(c2ccc(-c3cccc(-c4cccc(-c5ccccc5-c5cccc(-c6ccccn6)c5)c4)c3)cc2)c2ccccc21. The van der Waals surface area contributed by atoms with Crippen molar-refractivity contribution in [3.63, 3.8) is 0 Å². The van der Waals surface area contributed by atoms with Gasteiger partial charge in [-0.3, -0.25) is 4.98 Å². The number of nitrogens with zero attached hydrogens (tertiary/aromatic N) is 3. The molecule has 0 aliphatic carbocycles. The van der Waals surface area contributed by atoms with Crippen LogP contribution in [-0.4, -0.2) is 11.7 Å². The monoisotopic (exact) mass is 737 g/mol. The maximum absolute atomic E-state index is 4.59. The van der Waals surface area contributed by atoms with E-state index < -0.39 is 0 Å². The first-order chi connectivity index (χ1) is 27.9. The number of hydrogen-bond donors (Lipinski definition) is 0. The van der Waals surface area contributed by atoms with Crippen LogP contribution in [0.1, 0.15) is 50.7 Å². The Balaban J connectivity index is 1.00. The molecule has 9 rings (SSSR count). The van der Waals surface area contributed by atoms with E-state index >= 15 is 0 Å². The minimum atomic E-state index is 0.425. The fraction of sp³-hybridized carbons (Fsp3) is 0.130. The number of anilines is 4. The molecule has 0 unspecified atom stereocenters. The molecule has 0 fully saturated rings. The number of hydrogen-bond acceptors (Lipinski definition) is 3. The molecule has 2 heterocycles. The van der Waals surface area contributed by atoms with Crippen molar-refractivity contribution in [1.29, 1.82) is 0 Å². The van der Waals surface area contributed by atoms with Crippen LogP contribution in [0.3, 0.4) is 0 Å². The van der Waals surface area contributed by atoms with Crippen LogP contribution in [0.2, 0.25) is 0 Å². The predicted molar refractivity (Wildman–Crippen MR) is 242 cm³/mol. The molecule has 3 nitrogen and oxygen atoms in total. The number of fused-ring (bicyclic) bond motifs is 1. The third kappa shape index (κ3) is 7.02. The molecular weight excluding hydrogens is 691 g/mol. The molecule has 1 aromatic heterocycles. The van der Waals surface area contributed by atoms with Crippen molar-refractivity contribution in [3.8, 4) is 55.8 Å². The molecule has 8 aromatic rings. The molecule has 0 N–H and O–H groups in total. The fourth-order valence-electron chi connectivity index (χ4n) is 8.39. The maximum atomic E-state index is 4.59. The summed E-state index contributed by atoms with van der Waals surface area (Å²) in [5, 5.41) is 0. The van der Waals surface area contributed by atoms with E-state index in [0.29, 0.717) is 11.8 Å². The van der Waals surface area contributed by atoms with E-state index in [4.69, 9.17) is 0 Å². The Kier molecular flexibility index (Phi) is 9.74. The van der Waals surface area contributed by atoms with Crippen LogP contribution in [0, 0.1) is 0 Å². The minimum absolute atomic E-state index is 0.425. The standard InChI is InChI=1S/C54H47N3/c1-37(2)47-23-14-24-48(38(3)4)54(47)57-36-56(52-26-7-8-27-53(52)57)46-30-28-39(29-31-46)40-15-11-16-41(33-40)42-17-12-18-43(34-42)49-21-5-6-22-50(49)44-19-13-20-45(35-44)51-25-9-10-32-55-51/h5-35,37-38H,36H2,1-4H3. The molecule has 0 bridgehead atoms. The Bertz CT molecular complexity index is 2650. The van der Waals surface area contributed by atoms with Gasteiger partial charge >= 0.3 is 0 Å². The average Bonchev–Trinajstić information content (AvgIpc) is 3.66. The van der Waals surface area contributed by atoms with E-state index in [1.165, 1.54) is 78.4 Å². The number of para-hydroxylation sites is 3. The first-order valence-electron chi connectivity index (χ1n) is 20.1. The summed E-state index contributed by atoms with van der Waals surface area (Å²) in [5.74, 6) is 0.850. The minimum Gasteiger partial charge on any atom is -0.321 e. The van der Waals surface area contributed by atoms with Crippen LogP contribution in [0.5, 0.6) is 0 Å². The van der Waals surface area contributed by atoms with Crippen molar-refractivity contribution in [2.75, 3.05) is 16.5 Å². The number of aromatic nitrogens is 1. The van der Waals surface area contributed by atoms with Gasteiger partial charge in [-0.1, -0.05) is 155 Å². The van der Waals surface area contributed by atoms with Gasteiger partial charge in [-0.25, -0.2) is 0 Å². The molecule has 1 aliphatic rings. The molecule has 0 amide bonds. The lowest BCUT2D eigenvalue weighted by Crippen LogP contribution is -2.26. The van der Waals surface area contributed by atoms with Gasteiger partial charge in [-0.15, -0.1) is 0 Å². The molecule has 3 heteroatoms. The summed E-state index contributed by atoms with van der Waals surface area (Å²) in [6.07, 6.45) is 1.85. The van der Waals surface area contributed by atoms with Gasteiger partial charge in [0.2, 0.25) is 0 Å². The van der Waals surface area contributed by atoms with Crippen LogP contribution in [-0.2, 0) is 0 Å². The van der Waals surface area contributed by atoms with Crippen LogP contribution in [0.4, 0.5) is 22.7 Å². The van der Waals surface area contributed by atoms with E-state index in [1.54, 1.807) is 0 Å². The second kappa shape index (κ2) is 15.4. The molecule has 0 saturated heterocycles. The lowest BCUT2D eigenvalue weighted by Gasteiger charge is -2.29. The molecule has 57 heavy (non-hydrogen) atoms. The van der Waals surface area contributed by atoms with Crippen molar-refractivity contribution >= 4 is 22.7 Å². The number of benzene rings is 7. The fourth-order valence-corrected chi connectivity index (χ4v) is 8.39. The van der Waals surface area contributed by atoms with Crippen LogP contribution in [0.25, 0.3) is 55.8 Å². The van der Waals surface area contributed by atoms with E-state index in [-0.39, 0.29) is 0 Å². The molecule has 7 aromatic carbocycles. The van der Waals surface area contributed by atoms with Crippen molar-refractivity contribution in [1.82, 2.24) is 4.98 Å². The smallest absolute Gasteiger partial charge is 0.100 e. The Morgan fingerprint density at radius 3 is 1.46 bits per heavy atom. The molecule has 1 aliphatic heterocycles. The summed E-state index contributed by atoms with van der Waals surface area (Å²) in [6.45, 7) is 9.98. The van der Waals surface area contributed by atoms with Crippen LogP contribution < -0.4 is 9.80 Å². The topological polar surface area (TPSA) is 19.4 Å². The quantitative estimate of drug-likeness (QED) is 0.147. The largest absolute Gasteiger partial charge is 0.321 e. The van der Waals surface area contributed by atoms with Crippen molar-refractivity contribution in [3.05, 3.63) is 199 Å². The molecule has 0 saturated carbocycles. The average molecular weight is 738 g/mol. The zero-order chi connectivity index (χ0) is 38.9. The summed E-state index contributed by atoms with van der Waals surface area (Å²) in [6, 6.07) is 66.1. The van der Waals surface area contributed by atoms with Gasteiger partial charge in [0, 0.05) is 23.1 Å². The first-order valence-corrected chi connectivity index (χ1v) is 20.1. The highest BCUT2D eigenvalue weighted by Crippen LogP contribution is 2.48. The van der Waals surface area contributed by atoms with Gasteiger partial charge in [0.15, 0.2) is 0 Å². The summed E-state index contributed by atoms with van der Waals surface area (Å²) in [4.78, 5) is 9.58. The summed E-state index contributed by atoms with van der Waals surface area (Å²) in [7, 11) is 0. The van der Waals surface area contributed by atoms with E-state index in [9.17, 15) is 0 Å². The molecule has 278 valence electrons.